The molecule has 2 heteroatoms. The molecule has 1 aliphatic carbocycles. The van der Waals surface area contributed by atoms with Crippen molar-refractivity contribution in [3.8, 4) is 5.69 Å². The van der Waals surface area contributed by atoms with Gasteiger partial charge in [0, 0.05) is 33.2 Å². The van der Waals surface area contributed by atoms with Crippen LogP contribution in [0, 0.1) is 5.92 Å². The molecule has 0 N–H and O–H groups in total. The Kier molecular flexibility index (Phi) is 6.53. The highest BCUT2D eigenvalue weighted by molar-refractivity contribution is 6.10. The minimum Gasteiger partial charge on any atom is -0.333 e. The maximum Gasteiger partial charge on any atom is 0.0586 e. The quantitative estimate of drug-likeness (QED) is 0.190. The molecule has 224 valence electrons. The van der Waals surface area contributed by atoms with Gasteiger partial charge in [0.05, 0.1) is 17.1 Å². The molecule has 47 heavy (non-hydrogen) atoms. The number of allylic oxidation sites excluding steroid dienone is 2. The van der Waals surface area contributed by atoms with Crippen molar-refractivity contribution in [1.82, 2.24) is 4.57 Å². The van der Waals surface area contributed by atoms with E-state index in [1.807, 2.05) is 0 Å². The molecular formula is C45H34N2. The largest absolute Gasteiger partial charge is 0.333 e. The average Bonchev–Trinajstić information content (AvgIpc) is 3.46. The van der Waals surface area contributed by atoms with Gasteiger partial charge >= 0.3 is 0 Å². The Labute approximate surface area is 275 Å². The van der Waals surface area contributed by atoms with E-state index < -0.39 is 0 Å². The zero-order chi connectivity index (χ0) is 31.3. The highest BCUT2D eigenvalue weighted by Crippen LogP contribution is 2.40. The zero-order valence-electron chi connectivity index (χ0n) is 26.3. The summed E-state index contributed by atoms with van der Waals surface area (Å²) < 4.78 is 2.43. The molecule has 1 heterocycles. The van der Waals surface area contributed by atoms with Crippen LogP contribution in [0.15, 0.2) is 176 Å². The number of fused-ring (bicyclic) bond motifs is 5. The Balaban J connectivity index is 1.15. The van der Waals surface area contributed by atoms with Crippen LogP contribution in [0.5, 0.6) is 0 Å². The second-order valence-corrected chi connectivity index (χ2v) is 12.7. The van der Waals surface area contributed by atoms with Gasteiger partial charge in [-0.2, -0.15) is 0 Å². The first-order chi connectivity index (χ1) is 23.2. The second kappa shape index (κ2) is 11.2. The number of anilines is 2. The molecule has 7 aromatic carbocycles. The predicted octanol–water partition coefficient (Wildman–Crippen LogP) is 11.9. The number of aromatic nitrogens is 1. The van der Waals surface area contributed by atoms with Gasteiger partial charge in [0.1, 0.15) is 0 Å². The molecule has 1 aromatic heterocycles. The molecule has 2 unspecified atom stereocenters. The standard InChI is InChI=1S/C45H34N2/c1-31-28-35(24-27-42(31)46(37-16-3-2-4-17-37)43-21-11-15-33-13-7-8-18-39(33)43)36-23-26-41-40-19-9-10-20-44(40)47(45(41)30-36)38-25-22-32-12-5-6-14-34(32)29-38/h2-31,42H,1H3. The van der Waals surface area contributed by atoms with Gasteiger partial charge in [0.2, 0.25) is 0 Å². The van der Waals surface area contributed by atoms with Crippen molar-refractivity contribution in [2.45, 2.75) is 13.0 Å². The maximum atomic E-state index is 2.51. The van der Waals surface area contributed by atoms with E-state index >= 15 is 0 Å². The van der Waals surface area contributed by atoms with E-state index in [2.05, 4.69) is 192 Å². The van der Waals surface area contributed by atoms with Gasteiger partial charge in [0.25, 0.3) is 0 Å². The van der Waals surface area contributed by atoms with Crippen molar-refractivity contribution in [3.05, 3.63) is 182 Å². The van der Waals surface area contributed by atoms with E-state index in [1.54, 1.807) is 0 Å². The van der Waals surface area contributed by atoms with Crippen molar-refractivity contribution < 1.29 is 0 Å². The summed E-state index contributed by atoms with van der Waals surface area (Å²) in [5.74, 6) is 0.274. The Morgan fingerprint density at radius 3 is 2.09 bits per heavy atom. The fraction of sp³-hybridized carbons (Fsp3) is 0.0667. The molecule has 0 amide bonds. The fourth-order valence-corrected chi connectivity index (χ4v) is 7.55. The number of para-hydroxylation sites is 2. The number of hydrogen-bond donors (Lipinski definition) is 0. The minimum atomic E-state index is 0.166. The van der Waals surface area contributed by atoms with Crippen molar-refractivity contribution in [2.24, 2.45) is 5.92 Å². The Bertz CT molecular complexity index is 2490. The van der Waals surface area contributed by atoms with Crippen LogP contribution in [0.3, 0.4) is 0 Å². The summed E-state index contributed by atoms with van der Waals surface area (Å²) in [6.07, 6.45) is 7.18. The van der Waals surface area contributed by atoms with Crippen LogP contribution in [0.4, 0.5) is 11.4 Å². The first kappa shape index (κ1) is 27.5. The van der Waals surface area contributed by atoms with Gasteiger partial charge in [-0.1, -0.05) is 140 Å². The van der Waals surface area contributed by atoms with Crippen LogP contribution in [0.25, 0.3) is 54.6 Å². The van der Waals surface area contributed by atoms with Crippen LogP contribution in [-0.4, -0.2) is 10.6 Å². The number of rotatable bonds is 5. The molecular weight excluding hydrogens is 569 g/mol. The summed E-state index contributed by atoms with van der Waals surface area (Å²) in [5, 5.41) is 7.57. The molecule has 0 bridgehead atoms. The summed E-state index contributed by atoms with van der Waals surface area (Å²) in [6.45, 7) is 2.35. The lowest BCUT2D eigenvalue weighted by molar-refractivity contribution is 0.612. The first-order valence-electron chi connectivity index (χ1n) is 16.5. The van der Waals surface area contributed by atoms with Gasteiger partial charge < -0.3 is 9.47 Å². The van der Waals surface area contributed by atoms with Crippen molar-refractivity contribution >= 4 is 60.3 Å². The lowest BCUT2D eigenvalue weighted by atomic mass is 9.88. The van der Waals surface area contributed by atoms with Crippen LogP contribution in [0.1, 0.15) is 12.5 Å². The lowest BCUT2D eigenvalue weighted by Gasteiger charge is -2.37. The molecule has 0 radical (unpaired) electrons. The van der Waals surface area contributed by atoms with Crippen molar-refractivity contribution in [1.29, 1.82) is 0 Å². The monoisotopic (exact) mass is 602 g/mol. The first-order valence-corrected chi connectivity index (χ1v) is 16.5. The third-order valence-corrected chi connectivity index (χ3v) is 9.81. The minimum absolute atomic E-state index is 0.166. The normalized spacial score (nSPS) is 16.2. The van der Waals surface area contributed by atoms with E-state index in [1.165, 1.54) is 71.5 Å². The smallest absolute Gasteiger partial charge is 0.0586 e. The molecule has 8 aromatic rings. The SMILES string of the molecule is CC1C=C(c2ccc3c4ccccc4n(-c4ccc5ccccc5c4)c3c2)C=CC1N(c1ccccc1)c1cccc2ccccc12. The third-order valence-electron chi connectivity index (χ3n) is 9.81. The van der Waals surface area contributed by atoms with E-state index in [4.69, 9.17) is 0 Å². The average molecular weight is 603 g/mol. The van der Waals surface area contributed by atoms with Gasteiger partial charge in [-0.15, -0.1) is 0 Å². The lowest BCUT2D eigenvalue weighted by Crippen LogP contribution is -2.35. The highest BCUT2D eigenvalue weighted by Gasteiger charge is 2.27. The van der Waals surface area contributed by atoms with Crippen LogP contribution < -0.4 is 4.90 Å². The molecule has 0 spiro atoms. The zero-order valence-corrected chi connectivity index (χ0v) is 26.3. The Morgan fingerprint density at radius 2 is 1.23 bits per heavy atom. The van der Waals surface area contributed by atoms with E-state index in [0.29, 0.717) is 0 Å². The predicted molar refractivity (Wildman–Crippen MR) is 201 cm³/mol. The second-order valence-electron chi connectivity index (χ2n) is 12.7. The molecule has 2 atom stereocenters. The summed E-state index contributed by atoms with van der Waals surface area (Å²) in [5.41, 5.74) is 8.56. The van der Waals surface area contributed by atoms with Crippen LogP contribution in [-0.2, 0) is 0 Å². The molecule has 0 saturated heterocycles. The van der Waals surface area contributed by atoms with E-state index in [-0.39, 0.29) is 12.0 Å². The molecule has 0 fully saturated rings. The maximum absolute atomic E-state index is 2.51. The summed E-state index contributed by atoms with van der Waals surface area (Å²) >= 11 is 0. The summed E-state index contributed by atoms with van der Waals surface area (Å²) in [7, 11) is 0. The Morgan fingerprint density at radius 1 is 0.532 bits per heavy atom. The number of benzene rings is 7. The fourth-order valence-electron chi connectivity index (χ4n) is 7.55. The van der Waals surface area contributed by atoms with Gasteiger partial charge in [-0.3, -0.25) is 0 Å². The van der Waals surface area contributed by atoms with E-state index in [9.17, 15) is 0 Å². The summed E-state index contributed by atoms with van der Waals surface area (Å²) in [4.78, 5) is 2.51. The Hall–Kier alpha value is -5.86. The molecule has 0 aliphatic heterocycles. The van der Waals surface area contributed by atoms with Gasteiger partial charge in [0.15, 0.2) is 0 Å². The number of hydrogen-bond acceptors (Lipinski definition) is 1. The summed E-state index contributed by atoms with van der Waals surface area (Å²) in [6, 6.07) is 57.5. The van der Waals surface area contributed by atoms with Crippen molar-refractivity contribution in [2.75, 3.05) is 4.90 Å². The van der Waals surface area contributed by atoms with Crippen LogP contribution in [0.2, 0.25) is 0 Å². The van der Waals surface area contributed by atoms with E-state index in [0.717, 1.165) is 0 Å². The van der Waals surface area contributed by atoms with Crippen molar-refractivity contribution in [3.63, 3.8) is 0 Å². The molecule has 0 saturated carbocycles. The highest BCUT2D eigenvalue weighted by atomic mass is 15.2. The third kappa shape index (κ3) is 4.64. The number of nitrogens with zero attached hydrogens (tertiary/aromatic N) is 2. The van der Waals surface area contributed by atoms with Crippen LogP contribution >= 0.6 is 0 Å². The molecule has 2 nitrogen and oxygen atoms in total. The van der Waals surface area contributed by atoms with Gasteiger partial charge in [-0.05, 0) is 75.7 Å². The molecule has 9 rings (SSSR count). The topological polar surface area (TPSA) is 8.17 Å². The molecule has 1 aliphatic rings. The van der Waals surface area contributed by atoms with Gasteiger partial charge in [-0.25, -0.2) is 0 Å².